The third-order valence-corrected chi connectivity index (χ3v) is 6.44. The SMILES string of the molecule is CCCCc1ccc(C(=O)Nc2cccc(S(=O)(=O)NC3=NCCCCC3)c2)cc1. The maximum absolute atomic E-state index is 12.7. The van der Waals surface area contributed by atoms with Crippen LogP contribution in [0.15, 0.2) is 58.4 Å². The van der Waals surface area contributed by atoms with Crippen LogP contribution in [0.25, 0.3) is 0 Å². The Morgan fingerprint density at radius 2 is 1.87 bits per heavy atom. The number of amides is 1. The highest BCUT2D eigenvalue weighted by Gasteiger charge is 2.18. The number of benzene rings is 2. The Morgan fingerprint density at radius 1 is 1.07 bits per heavy atom. The monoisotopic (exact) mass is 427 g/mol. The van der Waals surface area contributed by atoms with Crippen molar-refractivity contribution in [3.05, 3.63) is 59.7 Å². The summed E-state index contributed by atoms with van der Waals surface area (Å²) in [5.41, 5.74) is 2.17. The Morgan fingerprint density at radius 3 is 2.63 bits per heavy atom. The molecule has 1 heterocycles. The molecule has 2 N–H and O–H groups in total. The van der Waals surface area contributed by atoms with Crippen molar-refractivity contribution in [2.75, 3.05) is 11.9 Å². The summed E-state index contributed by atoms with van der Waals surface area (Å²) in [6, 6.07) is 13.8. The van der Waals surface area contributed by atoms with Gasteiger partial charge in [-0.1, -0.05) is 38.0 Å². The Bertz CT molecular complexity index is 999. The summed E-state index contributed by atoms with van der Waals surface area (Å²) in [6.07, 6.45) is 6.83. The van der Waals surface area contributed by atoms with Gasteiger partial charge in [-0.2, -0.15) is 0 Å². The summed E-state index contributed by atoms with van der Waals surface area (Å²) >= 11 is 0. The molecule has 0 radical (unpaired) electrons. The molecule has 2 aromatic rings. The number of sulfonamides is 1. The van der Waals surface area contributed by atoms with E-state index in [0.29, 0.717) is 30.1 Å². The van der Waals surface area contributed by atoms with Gasteiger partial charge in [-0.25, -0.2) is 8.42 Å². The molecule has 30 heavy (non-hydrogen) atoms. The highest BCUT2D eigenvalue weighted by atomic mass is 32.2. The summed E-state index contributed by atoms with van der Waals surface area (Å²) in [4.78, 5) is 17.0. The molecule has 160 valence electrons. The second kappa shape index (κ2) is 10.4. The fourth-order valence-corrected chi connectivity index (χ4v) is 4.45. The average molecular weight is 428 g/mol. The number of carbonyl (C=O) groups is 1. The van der Waals surface area contributed by atoms with Crippen LogP contribution in [0.2, 0.25) is 0 Å². The van der Waals surface area contributed by atoms with Crippen LogP contribution in [0.1, 0.15) is 61.4 Å². The van der Waals surface area contributed by atoms with Crippen LogP contribution in [0.5, 0.6) is 0 Å². The third kappa shape index (κ3) is 6.16. The molecule has 1 aliphatic heterocycles. The van der Waals surface area contributed by atoms with E-state index >= 15 is 0 Å². The zero-order valence-electron chi connectivity index (χ0n) is 17.4. The first-order valence-corrected chi connectivity index (χ1v) is 12.0. The maximum atomic E-state index is 12.7. The van der Waals surface area contributed by atoms with E-state index < -0.39 is 10.0 Å². The zero-order valence-corrected chi connectivity index (χ0v) is 18.2. The average Bonchev–Trinajstić information content (AvgIpc) is 3.01. The molecule has 0 saturated heterocycles. The molecule has 1 aliphatic rings. The normalized spacial score (nSPS) is 14.5. The lowest BCUT2D eigenvalue weighted by Crippen LogP contribution is -2.30. The first-order chi connectivity index (χ1) is 14.5. The van der Waals surface area contributed by atoms with Crippen molar-refractivity contribution < 1.29 is 13.2 Å². The molecule has 0 bridgehead atoms. The highest BCUT2D eigenvalue weighted by molar-refractivity contribution is 7.90. The first kappa shape index (κ1) is 22.0. The number of rotatable bonds is 7. The van der Waals surface area contributed by atoms with Gasteiger partial charge in [0.15, 0.2) is 0 Å². The minimum absolute atomic E-state index is 0.0992. The summed E-state index contributed by atoms with van der Waals surface area (Å²) in [5.74, 6) is 0.234. The van der Waals surface area contributed by atoms with E-state index in [-0.39, 0.29) is 10.8 Å². The van der Waals surface area contributed by atoms with E-state index in [1.54, 1.807) is 24.3 Å². The van der Waals surface area contributed by atoms with E-state index in [4.69, 9.17) is 0 Å². The minimum atomic E-state index is -3.75. The van der Waals surface area contributed by atoms with Crippen molar-refractivity contribution in [1.82, 2.24) is 4.72 Å². The third-order valence-electron chi connectivity index (χ3n) is 5.06. The van der Waals surface area contributed by atoms with Gasteiger partial charge >= 0.3 is 0 Å². The number of anilines is 1. The van der Waals surface area contributed by atoms with Crippen LogP contribution in [0, 0.1) is 0 Å². The topological polar surface area (TPSA) is 87.6 Å². The van der Waals surface area contributed by atoms with Gasteiger partial charge < -0.3 is 5.32 Å². The largest absolute Gasteiger partial charge is 0.322 e. The zero-order chi connectivity index (χ0) is 21.4. The Balaban J connectivity index is 1.68. The van der Waals surface area contributed by atoms with E-state index in [1.807, 2.05) is 12.1 Å². The second-order valence-electron chi connectivity index (χ2n) is 7.53. The lowest BCUT2D eigenvalue weighted by Gasteiger charge is -2.11. The lowest BCUT2D eigenvalue weighted by molar-refractivity contribution is 0.102. The van der Waals surface area contributed by atoms with Crippen molar-refractivity contribution in [1.29, 1.82) is 0 Å². The van der Waals surface area contributed by atoms with Crippen LogP contribution in [0.4, 0.5) is 5.69 Å². The van der Waals surface area contributed by atoms with Crippen LogP contribution in [0.3, 0.4) is 0 Å². The van der Waals surface area contributed by atoms with Crippen LogP contribution in [-0.4, -0.2) is 26.7 Å². The number of amidine groups is 1. The van der Waals surface area contributed by atoms with Gasteiger partial charge in [-0.3, -0.25) is 14.5 Å². The summed E-state index contributed by atoms with van der Waals surface area (Å²) in [6.45, 7) is 2.79. The molecule has 0 fully saturated rings. The van der Waals surface area contributed by atoms with Gasteiger partial charge in [0.1, 0.15) is 5.84 Å². The highest BCUT2D eigenvalue weighted by Crippen LogP contribution is 2.18. The number of hydrogen-bond acceptors (Lipinski definition) is 4. The standard InChI is InChI=1S/C23H29N3O3S/c1-2-3-8-18-12-14-19(15-13-18)23(27)25-20-9-7-10-21(17-20)30(28,29)26-22-11-5-4-6-16-24-22/h7,9-10,12-15,17H,2-6,8,11,16H2,1H3,(H,24,26)(H,25,27). The van der Waals surface area contributed by atoms with Crippen LogP contribution in [-0.2, 0) is 16.4 Å². The molecule has 0 spiro atoms. The number of nitrogens with one attached hydrogen (secondary N) is 2. The Hall–Kier alpha value is -2.67. The smallest absolute Gasteiger partial charge is 0.262 e. The van der Waals surface area contributed by atoms with Crippen LogP contribution < -0.4 is 10.0 Å². The van der Waals surface area contributed by atoms with Crippen molar-refractivity contribution in [3.8, 4) is 0 Å². The van der Waals surface area contributed by atoms with Crippen molar-refractivity contribution in [2.45, 2.75) is 56.8 Å². The molecule has 1 amide bonds. The molecule has 6 nitrogen and oxygen atoms in total. The Kier molecular flexibility index (Phi) is 7.63. The molecular weight excluding hydrogens is 398 g/mol. The molecule has 0 aromatic heterocycles. The molecule has 0 aliphatic carbocycles. The van der Waals surface area contributed by atoms with Crippen molar-refractivity contribution in [3.63, 3.8) is 0 Å². The molecule has 3 rings (SSSR count). The van der Waals surface area contributed by atoms with Crippen molar-refractivity contribution in [2.24, 2.45) is 4.99 Å². The van der Waals surface area contributed by atoms with E-state index in [2.05, 4.69) is 22.0 Å². The fraction of sp³-hybridized carbons (Fsp3) is 0.391. The van der Waals surface area contributed by atoms with Gasteiger partial charge in [-0.05, 0) is 61.6 Å². The first-order valence-electron chi connectivity index (χ1n) is 10.5. The number of nitrogens with zero attached hydrogens (tertiary/aromatic N) is 1. The van der Waals surface area contributed by atoms with E-state index in [1.165, 1.54) is 17.7 Å². The lowest BCUT2D eigenvalue weighted by atomic mass is 10.1. The van der Waals surface area contributed by atoms with Crippen LogP contribution >= 0.6 is 0 Å². The molecular formula is C23H29N3O3S. The predicted octanol–water partition coefficient (Wildman–Crippen LogP) is 4.53. The summed E-state index contributed by atoms with van der Waals surface area (Å²) < 4.78 is 28.1. The minimum Gasteiger partial charge on any atom is -0.322 e. The van der Waals surface area contributed by atoms with Crippen molar-refractivity contribution >= 4 is 27.5 Å². The maximum Gasteiger partial charge on any atom is 0.262 e. The quantitative estimate of drug-likeness (QED) is 0.680. The fourth-order valence-electron chi connectivity index (χ4n) is 3.32. The van der Waals surface area contributed by atoms with Gasteiger partial charge in [0.05, 0.1) is 4.90 Å². The number of aliphatic imine (C=N–C) groups is 1. The number of unbranched alkanes of at least 4 members (excludes halogenated alkanes) is 1. The molecule has 0 unspecified atom stereocenters. The molecule has 0 atom stereocenters. The van der Waals surface area contributed by atoms with Gasteiger partial charge in [0.2, 0.25) is 0 Å². The number of aryl methyl sites for hydroxylation is 1. The molecule has 0 saturated carbocycles. The van der Waals surface area contributed by atoms with E-state index in [0.717, 1.165) is 38.5 Å². The number of carbonyl (C=O) groups excluding carboxylic acids is 1. The summed E-state index contributed by atoms with van der Waals surface area (Å²) in [7, 11) is -3.75. The molecule has 7 heteroatoms. The number of hydrogen-bond donors (Lipinski definition) is 2. The van der Waals surface area contributed by atoms with Gasteiger partial charge in [-0.15, -0.1) is 0 Å². The Labute approximate surface area is 178 Å². The predicted molar refractivity (Wildman–Crippen MR) is 121 cm³/mol. The molecule has 2 aromatic carbocycles. The van der Waals surface area contributed by atoms with E-state index in [9.17, 15) is 13.2 Å². The summed E-state index contributed by atoms with van der Waals surface area (Å²) in [5, 5.41) is 2.79. The second-order valence-corrected chi connectivity index (χ2v) is 9.21. The van der Waals surface area contributed by atoms with Gasteiger partial charge in [0.25, 0.3) is 15.9 Å². The van der Waals surface area contributed by atoms with Gasteiger partial charge in [0, 0.05) is 24.2 Å².